The number of aromatic nitrogens is 1. The molecule has 0 radical (unpaired) electrons. The molecule has 150 valence electrons. The van der Waals surface area contributed by atoms with E-state index in [0.29, 0.717) is 12.1 Å². The van der Waals surface area contributed by atoms with Crippen LogP contribution in [0.2, 0.25) is 0 Å². The highest BCUT2D eigenvalue weighted by molar-refractivity contribution is 7.89. The normalized spacial score (nSPS) is 17.6. The van der Waals surface area contributed by atoms with Gasteiger partial charge in [-0.2, -0.15) is 0 Å². The van der Waals surface area contributed by atoms with E-state index in [1.165, 1.54) is 18.2 Å². The second-order valence-electron chi connectivity index (χ2n) is 6.88. The van der Waals surface area contributed by atoms with E-state index < -0.39 is 21.5 Å². The van der Waals surface area contributed by atoms with Crippen LogP contribution in [-0.2, 0) is 23.1 Å². The quantitative estimate of drug-likeness (QED) is 0.508. The minimum absolute atomic E-state index is 0.00596. The van der Waals surface area contributed by atoms with Crippen LogP contribution in [0.15, 0.2) is 46.1 Å². The number of aromatic amines is 1. The van der Waals surface area contributed by atoms with E-state index >= 15 is 0 Å². The first-order chi connectivity index (χ1) is 13.2. The van der Waals surface area contributed by atoms with Crippen LogP contribution >= 0.6 is 0 Å². The van der Waals surface area contributed by atoms with Crippen molar-refractivity contribution in [3.05, 3.63) is 63.6 Å². The third kappa shape index (κ3) is 5.04. The van der Waals surface area contributed by atoms with Crippen molar-refractivity contribution in [2.24, 2.45) is 10.9 Å². The van der Waals surface area contributed by atoms with E-state index in [1.807, 2.05) is 0 Å². The van der Waals surface area contributed by atoms with Crippen molar-refractivity contribution in [1.29, 1.82) is 0 Å². The van der Waals surface area contributed by atoms with Crippen LogP contribution in [0, 0.1) is 0 Å². The molecule has 0 saturated carbocycles. The second-order valence-corrected chi connectivity index (χ2v) is 8.44. The highest BCUT2D eigenvalue weighted by Gasteiger charge is 2.19. The maximum Gasteiger partial charge on any atom is 0.261 e. The minimum Gasteiger partial charge on any atom is -0.348 e. The lowest BCUT2D eigenvalue weighted by Crippen LogP contribution is -2.31. The molecule has 0 spiro atoms. The van der Waals surface area contributed by atoms with Crippen LogP contribution in [0.1, 0.15) is 28.0 Å². The number of nitrogens with zero attached hydrogens (tertiary/aromatic N) is 1. The molecule has 1 atom stereocenters. The smallest absolute Gasteiger partial charge is 0.261 e. The number of hydrogen-bond donors (Lipinski definition) is 4. The Morgan fingerprint density at radius 1 is 1.21 bits per heavy atom. The van der Waals surface area contributed by atoms with E-state index in [0.717, 1.165) is 25.2 Å². The zero-order valence-electron chi connectivity index (χ0n) is 15.2. The van der Waals surface area contributed by atoms with Gasteiger partial charge in [-0.05, 0) is 36.2 Å². The van der Waals surface area contributed by atoms with E-state index in [2.05, 4.69) is 15.2 Å². The zero-order chi connectivity index (χ0) is 20.3. The maximum absolute atomic E-state index is 12.3. The molecule has 1 aliphatic heterocycles. The Morgan fingerprint density at radius 3 is 2.50 bits per heavy atom. The van der Waals surface area contributed by atoms with Crippen molar-refractivity contribution >= 4 is 15.9 Å². The summed E-state index contributed by atoms with van der Waals surface area (Å²) in [6, 6.07) is 9.22. The third-order valence-corrected chi connectivity index (χ3v) is 5.55. The van der Waals surface area contributed by atoms with Gasteiger partial charge >= 0.3 is 0 Å². The maximum atomic E-state index is 12.3. The summed E-state index contributed by atoms with van der Waals surface area (Å²) < 4.78 is 22.5. The molecule has 9 nitrogen and oxygen atoms in total. The molecule has 2 heterocycles. The molecule has 2 aromatic rings. The van der Waals surface area contributed by atoms with Crippen molar-refractivity contribution in [3.63, 3.8) is 0 Å². The molecule has 1 fully saturated rings. The van der Waals surface area contributed by atoms with Gasteiger partial charge < -0.3 is 16.0 Å². The summed E-state index contributed by atoms with van der Waals surface area (Å²) in [5, 5.41) is 7.69. The Morgan fingerprint density at radius 2 is 1.93 bits per heavy atom. The van der Waals surface area contributed by atoms with Crippen LogP contribution in [0.4, 0.5) is 0 Å². The van der Waals surface area contributed by atoms with Crippen LogP contribution in [-0.4, -0.2) is 43.3 Å². The van der Waals surface area contributed by atoms with E-state index in [1.54, 1.807) is 18.2 Å². The average Bonchev–Trinajstić information content (AvgIpc) is 3.04. The number of hydrogen-bond acceptors (Lipinski definition) is 6. The fourth-order valence-electron chi connectivity index (χ4n) is 3.11. The molecule has 1 aromatic heterocycles. The molecule has 28 heavy (non-hydrogen) atoms. The highest BCUT2D eigenvalue weighted by Crippen LogP contribution is 2.11. The zero-order valence-corrected chi connectivity index (χ0v) is 16.0. The number of carbonyl (C=O) groups excluding carboxylic acids is 1. The third-order valence-electron chi connectivity index (χ3n) is 4.62. The van der Waals surface area contributed by atoms with Gasteiger partial charge in [0.15, 0.2) is 0 Å². The summed E-state index contributed by atoms with van der Waals surface area (Å²) in [6.07, 6.45) is 0.933. The van der Waals surface area contributed by atoms with Crippen LogP contribution < -0.4 is 21.7 Å². The van der Waals surface area contributed by atoms with Gasteiger partial charge in [0.05, 0.1) is 4.90 Å². The molecule has 1 saturated heterocycles. The summed E-state index contributed by atoms with van der Waals surface area (Å²) >= 11 is 0. The number of likely N-dealkylation sites (tertiary alicyclic amines) is 1. The lowest BCUT2D eigenvalue weighted by molar-refractivity contribution is 0.0949. The minimum atomic E-state index is -3.76. The van der Waals surface area contributed by atoms with Gasteiger partial charge in [0.2, 0.25) is 10.0 Å². The molecular weight excluding hydrogens is 382 g/mol. The number of benzene rings is 1. The van der Waals surface area contributed by atoms with Crippen molar-refractivity contribution in [1.82, 2.24) is 15.2 Å². The van der Waals surface area contributed by atoms with Gasteiger partial charge in [0.25, 0.3) is 11.5 Å². The number of sulfonamides is 1. The second kappa shape index (κ2) is 8.23. The van der Waals surface area contributed by atoms with Gasteiger partial charge in [0.1, 0.15) is 5.56 Å². The summed E-state index contributed by atoms with van der Waals surface area (Å²) in [5.74, 6) is -0.508. The van der Waals surface area contributed by atoms with E-state index in [9.17, 15) is 18.0 Å². The SMILES string of the molecule is N[C@@H]1CCN(Cc2ccc(C(=O)NCc3ccc(S(N)(=O)=O)cc3)c(=O)[nH]2)C1. The number of carbonyl (C=O) groups is 1. The molecular formula is C18H23N5O4S. The van der Waals surface area contributed by atoms with Crippen molar-refractivity contribution in [3.8, 4) is 0 Å². The predicted octanol–water partition coefficient (Wildman–Crippen LogP) is -0.515. The Bertz CT molecular complexity index is 1020. The molecule has 0 bridgehead atoms. The summed E-state index contributed by atoms with van der Waals surface area (Å²) in [5.41, 5.74) is 6.85. The largest absolute Gasteiger partial charge is 0.348 e. The Labute approximate surface area is 162 Å². The molecule has 0 aliphatic carbocycles. The molecule has 0 unspecified atom stereocenters. The lowest BCUT2D eigenvalue weighted by Gasteiger charge is -2.15. The first-order valence-corrected chi connectivity index (χ1v) is 10.4. The summed E-state index contributed by atoms with van der Waals surface area (Å²) in [7, 11) is -3.76. The fourth-order valence-corrected chi connectivity index (χ4v) is 3.62. The predicted molar refractivity (Wildman–Crippen MR) is 104 cm³/mol. The van der Waals surface area contributed by atoms with Gasteiger partial charge in [-0.1, -0.05) is 12.1 Å². The lowest BCUT2D eigenvalue weighted by atomic mass is 10.2. The van der Waals surface area contributed by atoms with Crippen molar-refractivity contribution < 1.29 is 13.2 Å². The number of amides is 1. The van der Waals surface area contributed by atoms with E-state index in [-0.39, 0.29) is 23.0 Å². The Kier molecular flexibility index (Phi) is 5.94. The molecule has 10 heteroatoms. The standard InChI is InChI=1S/C18H23N5O4S/c19-13-7-8-23(10-13)11-14-3-6-16(18(25)22-14)17(24)21-9-12-1-4-15(5-2-12)28(20,26)27/h1-6,13H,7-11,19H2,(H,21,24)(H,22,25)(H2,20,26,27)/t13-/m1/s1. The van der Waals surface area contributed by atoms with Gasteiger partial charge in [-0.3, -0.25) is 14.5 Å². The number of rotatable bonds is 6. The van der Waals surface area contributed by atoms with Crippen LogP contribution in [0.25, 0.3) is 0 Å². The molecule has 1 aliphatic rings. The number of nitrogens with two attached hydrogens (primary N) is 2. The van der Waals surface area contributed by atoms with E-state index in [4.69, 9.17) is 10.9 Å². The summed E-state index contributed by atoms with van der Waals surface area (Å²) in [4.78, 5) is 29.4. The number of primary sulfonamides is 1. The fraction of sp³-hybridized carbons (Fsp3) is 0.333. The van der Waals surface area contributed by atoms with Crippen molar-refractivity contribution in [2.75, 3.05) is 13.1 Å². The van der Waals surface area contributed by atoms with Crippen LogP contribution in [0.5, 0.6) is 0 Å². The number of nitrogens with one attached hydrogen (secondary N) is 2. The average molecular weight is 405 g/mol. The first kappa shape index (κ1) is 20.2. The highest BCUT2D eigenvalue weighted by atomic mass is 32.2. The van der Waals surface area contributed by atoms with Gasteiger partial charge in [-0.15, -0.1) is 0 Å². The molecule has 1 aromatic carbocycles. The molecule has 1 amide bonds. The molecule has 3 rings (SSSR count). The van der Waals surface area contributed by atoms with Gasteiger partial charge in [0, 0.05) is 37.9 Å². The number of H-pyrrole nitrogens is 1. The monoisotopic (exact) mass is 405 g/mol. The Balaban J connectivity index is 1.60. The van der Waals surface area contributed by atoms with Gasteiger partial charge in [-0.25, -0.2) is 13.6 Å². The Hall–Kier alpha value is -2.53. The topological polar surface area (TPSA) is 151 Å². The molecule has 6 N–H and O–H groups in total. The van der Waals surface area contributed by atoms with Crippen molar-refractivity contribution in [2.45, 2.75) is 30.4 Å². The first-order valence-electron chi connectivity index (χ1n) is 8.82. The summed E-state index contributed by atoms with van der Waals surface area (Å²) in [6.45, 7) is 2.40. The van der Waals surface area contributed by atoms with Crippen LogP contribution in [0.3, 0.4) is 0 Å². The number of pyridine rings is 1.